The second kappa shape index (κ2) is 8.35. The van der Waals surface area contributed by atoms with Crippen LogP contribution in [0.15, 0.2) is 41.2 Å². The van der Waals surface area contributed by atoms with Gasteiger partial charge in [-0.05, 0) is 36.6 Å². The van der Waals surface area contributed by atoms with E-state index in [1.54, 1.807) is 26.4 Å². The third-order valence-corrected chi connectivity index (χ3v) is 6.67. The number of hydrogen-bond acceptors (Lipinski definition) is 5. The maximum atomic E-state index is 12.8. The van der Waals surface area contributed by atoms with Gasteiger partial charge in [0.05, 0.1) is 19.7 Å². The van der Waals surface area contributed by atoms with Gasteiger partial charge >= 0.3 is 0 Å². The van der Waals surface area contributed by atoms with Crippen molar-refractivity contribution in [3.05, 3.63) is 58.1 Å². The Morgan fingerprint density at radius 2 is 1.94 bits per heavy atom. The molecule has 1 saturated heterocycles. The van der Waals surface area contributed by atoms with Gasteiger partial charge in [0.15, 0.2) is 0 Å². The molecule has 4 heterocycles. The first-order valence-corrected chi connectivity index (χ1v) is 11.0. The van der Waals surface area contributed by atoms with E-state index in [2.05, 4.69) is 21.3 Å². The first-order chi connectivity index (χ1) is 15.6. The normalized spacial score (nSPS) is 20.1. The van der Waals surface area contributed by atoms with Gasteiger partial charge in [-0.15, -0.1) is 0 Å². The number of amides is 1. The Labute approximate surface area is 186 Å². The number of carbonyl (C=O) groups excluding carboxylic acids is 1. The lowest BCUT2D eigenvalue weighted by Crippen LogP contribution is -2.48. The minimum Gasteiger partial charge on any atom is -0.496 e. The van der Waals surface area contributed by atoms with E-state index in [-0.39, 0.29) is 11.5 Å². The van der Waals surface area contributed by atoms with Crippen molar-refractivity contribution < 1.29 is 14.3 Å². The maximum absolute atomic E-state index is 12.8. The van der Waals surface area contributed by atoms with Crippen molar-refractivity contribution in [3.8, 4) is 11.5 Å². The van der Waals surface area contributed by atoms with E-state index in [1.807, 2.05) is 22.8 Å². The molecule has 2 bridgehead atoms. The quantitative estimate of drug-likeness (QED) is 0.619. The maximum Gasteiger partial charge on any atom is 0.267 e. The van der Waals surface area contributed by atoms with Gasteiger partial charge in [0.2, 0.25) is 0 Å². The van der Waals surface area contributed by atoms with Gasteiger partial charge in [-0.25, -0.2) is 0 Å². The van der Waals surface area contributed by atoms with Crippen LogP contribution in [0, 0.1) is 5.92 Å². The fraction of sp³-hybridized carbons (Fsp3) is 0.417. The Morgan fingerprint density at radius 1 is 1.12 bits per heavy atom. The zero-order chi connectivity index (χ0) is 22.2. The number of rotatable bonds is 6. The van der Waals surface area contributed by atoms with Crippen molar-refractivity contribution in [1.82, 2.24) is 19.8 Å². The molecule has 8 nitrogen and oxygen atoms in total. The van der Waals surface area contributed by atoms with Gasteiger partial charge in [-0.3, -0.25) is 9.59 Å². The number of ether oxygens (including phenoxy) is 2. The van der Waals surface area contributed by atoms with E-state index < -0.39 is 0 Å². The molecule has 32 heavy (non-hydrogen) atoms. The van der Waals surface area contributed by atoms with Crippen LogP contribution in [0.2, 0.25) is 0 Å². The largest absolute Gasteiger partial charge is 0.496 e. The van der Waals surface area contributed by atoms with Crippen LogP contribution in [0.1, 0.15) is 28.5 Å². The van der Waals surface area contributed by atoms with Crippen LogP contribution in [0.5, 0.6) is 11.5 Å². The molecule has 8 heteroatoms. The van der Waals surface area contributed by atoms with E-state index in [1.165, 1.54) is 0 Å². The van der Waals surface area contributed by atoms with Gasteiger partial charge in [-0.2, -0.15) is 0 Å². The molecule has 1 fully saturated rings. The third-order valence-electron chi connectivity index (χ3n) is 6.67. The highest BCUT2D eigenvalue weighted by Crippen LogP contribution is 2.35. The number of benzene rings is 1. The van der Waals surface area contributed by atoms with Crippen LogP contribution in [0.4, 0.5) is 0 Å². The monoisotopic (exact) mass is 436 g/mol. The van der Waals surface area contributed by atoms with Crippen LogP contribution in [0.25, 0.3) is 10.9 Å². The van der Waals surface area contributed by atoms with E-state index in [9.17, 15) is 9.59 Å². The summed E-state index contributed by atoms with van der Waals surface area (Å²) in [6, 6.07) is 11.0. The summed E-state index contributed by atoms with van der Waals surface area (Å²) >= 11 is 0. The molecule has 5 rings (SSSR count). The second-order valence-electron chi connectivity index (χ2n) is 8.66. The molecule has 168 valence electrons. The number of fused-ring (bicyclic) bond motifs is 5. The second-order valence-corrected chi connectivity index (χ2v) is 8.66. The van der Waals surface area contributed by atoms with Crippen molar-refractivity contribution in [1.29, 1.82) is 0 Å². The molecule has 3 aromatic rings. The first-order valence-electron chi connectivity index (χ1n) is 11.0. The molecule has 1 amide bonds. The van der Waals surface area contributed by atoms with Crippen LogP contribution >= 0.6 is 0 Å². The lowest BCUT2D eigenvalue weighted by Gasteiger charge is -2.42. The summed E-state index contributed by atoms with van der Waals surface area (Å²) in [5.74, 6) is 2.06. The standard InChI is InChI=1S/C24H28N4O4/c1-31-20-6-7-21(32-2)23-17(20)11-18(26-23)24(30)25-8-9-27-12-15-10-16(14-27)19-4-3-5-22(29)28(19)13-15/h3-7,11,15-16,26H,8-10,12-14H2,1-2H3,(H,25,30)/t15-,16+/m1/s1. The highest BCUT2D eigenvalue weighted by molar-refractivity contribution is 6.01. The van der Waals surface area contributed by atoms with Crippen molar-refractivity contribution in [2.45, 2.75) is 18.9 Å². The molecular weight excluding hydrogens is 408 g/mol. The number of aromatic nitrogens is 2. The summed E-state index contributed by atoms with van der Waals surface area (Å²) in [6.45, 7) is 3.99. The van der Waals surface area contributed by atoms with Gasteiger partial charge < -0.3 is 29.2 Å². The number of nitrogens with zero attached hydrogens (tertiary/aromatic N) is 2. The SMILES string of the molecule is COc1ccc(OC)c2[nH]c(C(=O)NCCN3C[C@H]4C[C@@H](C3)c3cccc(=O)n3C4)cc12. The Kier molecular flexibility index (Phi) is 5.38. The number of methoxy groups -OCH3 is 2. The summed E-state index contributed by atoms with van der Waals surface area (Å²) < 4.78 is 12.8. The highest BCUT2D eigenvalue weighted by atomic mass is 16.5. The zero-order valence-corrected chi connectivity index (χ0v) is 18.4. The van der Waals surface area contributed by atoms with E-state index in [0.29, 0.717) is 35.6 Å². The van der Waals surface area contributed by atoms with Crippen molar-refractivity contribution >= 4 is 16.8 Å². The molecule has 0 aliphatic carbocycles. The average Bonchev–Trinajstić information content (AvgIpc) is 3.25. The lowest BCUT2D eigenvalue weighted by atomic mass is 9.83. The highest BCUT2D eigenvalue weighted by Gasteiger charge is 2.34. The number of aromatic amines is 1. The van der Waals surface area contributed by atoms with Gasteiger partial charge in [0, 0.05) is 55.8 Å². The number of piperidine rings is 1. The zero-order valence-electron chi connectivity index (χ0n) is 18.4. The van der Waals surface area contributed by atoms with Crippen LogP contribution in [-0.2, 0) is 6.54 Å². The van der Waals surface area contributed by atoms with Gasteiger partial charge in [0.1, 0.15) is 17.2 Å². The smallest absolute Gasteiger partial charge is 0.267 e. The summed E-state index contributed by atoms with van der Waals surface area (Å²) in [5, 5.41) is 3.84. The fourth-order valence-corrected chi connectivity index (χ4v) is 5.24. The number of nitrogens with one attached hydrogen (secondary N) is 2. The van der Waals surface area contributed by atoms with E-state index >= 15 is 0 Å². The lowest BCUT2D eigenvalue weighted by molar-refractivity contribution is 0.0923. The predicted octanol–water partition coefficient (Wildman–Crippen LogP) is 2.20. The van der Waals surface area contributed by atoms with Crippen molar-refractivity contribution in [3.63, 3.8) is 0 Å². The fourth-order valence-electron chi connectivity index (χ4n) is 5.24. The van der Waals surface area contributed by atoms with Gasteiger partial charge in [0.25, 0.3) is 11.5 Å². The molecule has 0 spiro atoms. The van der Waals surface area contributed by atoms with Crippen LogP contribution in [0.3, 0.4) is 0 Å². The first kappa shape index (κ1) is 20.6. The predicted molar refractivity (Wildman–Crippen MR) is 122 cm³/mol. The minimum absolute atomic E-state index is 0.101. The molecule has 2 atom stereocenters. The molecule has 2 aliphatic rings. The Bertz CT molecular complexity index is 1170. The van der Waals surface area contributed by atoms with E-state index in [4.69, 9.17) is 9.47 Å². The molecular formula is C24H28N4O4. The average molecular weight is 437 g/mol. The van der Waals surface area contributed by atoms with E-state index in [0.717, 1.165) is 49.2 Å². The van der Waals surface area contributed by atoms with Gasteiger partial charge in [-0.1, -0.05) is 6.07 Å². The number of carbonyl (C=O) groups is 1. The molecule has 2 aliphatic heterocycles. The van der Waals surface area contributed by atoms with Crippen LogP contribution < -0.4 is 20.3 Å². The number of pyridine rings is 1. The molecule has 1 aromatic carbocycles. The number of H-pyrrole nitrogens is 1. The van der Waals surface area contributed by atoms with Crippen LogP contribution in [-0.4, -0.2) is 60.8 Å². The summed E-state index contributed by atoms with van der Waals surface area (Å²) in [6.07, 6.45) is 1.13. The molecule has 0 unspecified atom stereocenters. The molecule has 2 N–H and O–H groups in total. The minimum atomic E-state index is -0.153. The summed E-state index contributed by atoms with van der Waals surface area (Å²) in [7, 11) is 3.21. The van der Waals surface area contributed by atoms with Crippen molar-refractivity contribution in [2.24, 2.45) is 5.92 Å². The van der Waals surface area contributed by atoms with Crippen molar-refractivity contribution in [2.75, 3.05) is 40.4 Å². The number of hydrogen-bond donors (Lipinski definition) is 2. The molecule has 0 saturated carbocycles. The number of likely N-dealkylation sites (tertiary alicyclic amines) is 1. The molecule has 0 radical (unpaired) electrons. The Balaban J connectivity index is 1.23. The molecule has 2 aromatic heterocycles. The summed E-state index contributed by atoms with van der Waals surface area (Å²) in [5.41, 5.74) is 2.47. The third kappa shape index (κ3) is 3.64. The topological polar surface area (TPSA) is 88.6 Å². The summed E-state index contributed by atoms with van der Waals surface area (Å²) in [4.78, 5) is 30.5. The Morgan fingerprint density at radius 3 is 2.75 bits per heavy atom. The Hall–Kier alpha value is -3.26.